The van der Waals surface area contributed by atoms with Gasteiger partial charge in [0.25, 0.3) is 0 Å². The lowest BCUT2D eigenvalue weighted by Crippen LogP contribution is -2.39. The summed E-state index contributed by atoms with van der Waals surface area (Å²) in [5, 5.41) is 6.65. The number of anilines is 1. The van der Waals surface area contributed by atoms with Crippen LogP contribution >= 0.6 is 0 Å². The van der Waals surface area contributed by atoms with E-state index in [4.69, 9.17) is 4.74 Å². The van der Waals surface area contributed by atoms with Gasteiger partial charge in [-0.25, -0.2) is 0 Å². The van der Waals surface area contributed by atoms with Crippen LogP contribution in [0.2, 0.25) is 0 Å². The van der Waals surface area contributed by atoms with Crippen LogP contribution in [0.1, 0.15) is 37.7 Å². The van der Waals surface area contributed by atoms with Crippen molar-refractivity contribution in [3.05, 3.63) is 54.4 Å². The summed E-state index contributed by atoms with van der Waals surface area (Å²) in [6, 6.07) is 12.7. The fourth-order valence-corrected chi connectivity index (χ4v) is 4.13. The van der Waals surface area contributed by atoms with Gasteiger partial charge < -0.3 is 15.4 Å². The quantitative estimate of drug-likeness (QED) is 0.836. The molecule has 2 N–H and O–H groups in total. The molecule has 2 atom stereocenters. The summed E-state index contributed by atoms with van der Waals surface area (Å²) >= 11 is 0. The van der Waals surface area contributed by atoms with Gasteiger partial charge in [-0.2, -0.15) is 0 Å². The molecule has 0 radical (unpaired) electrons. The van der Waals surface area contributed by atoms with E-state index >= 15 is 0 Å². The first kappa shape index (κ1) is 17.0. The standard InChI is InChI=1S/C21H25N3O2/c25-21(11-16-9-18-6-7-19(10-16)23-18)24-17-4-1-5-20(12-17)26-14-15-3-2-8-22-13-15/h1-5,8,12-13,16,18-19,23H,6-7,9-11,14H2,(H,24,25). The van der Waals surface area contributed by atoms with E-state index in [1.165, 1.54) is 12.8 Å². The molecule has 5 nitrogen and oxygen atoms in total. The summed E-state index contributed by atoms with van der Waals surface area (Å²) in [7, 11) is 0. The number of hydrogen-bond donors (Lipinski definition) is 2. The maximum atomic E-state index is 12.4. The van der Waals surface area contributed by atoms with Gasteiger partial charge in [0.15, 0.2) is 0 Å². The molecule has 0 aliphatic carbocycles. The first-order valence-corrected chi connectivity index (χ1v) is 9.42. The van der Waals surface area contributed by atoms with Crippen molar-refractivity contribution in [3.8, 4) is 5.75 Å². The number of piperidine rings is 1. The van der Waals surface area contributed by atoms with Crippen LogP contribution in [-0.4, -0.2) is 23.0 Å². The second kappa shape index (κ2) is 7.87. The van der Waals surface area contributed by atoms with E-state index in [2.05, 4.69) is 15.6 Å². The summed E-state index contributed by atoms with van der Waals surface area (Å²) in [5.41, 5.74) is 1.80. The van der Waals surface area contributed by atoms with Crippen LogP contribution in [0.15, 0.2) is 48.8 Å². The molecule has 0 spiro atoms. The SMILES string of the molecule is O=C(CC1CC2CCC(C1)N2)Nc1cccc(OCc2cccnc2)c1. The highest BCUT2D eigenvalue weighted by molar-refractivity contribution is 5.91. The second-order valence-electron chi connectivity index (χ2n) is 7.41. The zero-order valence-electron chi connectivity index (χ0n) is 14.9. The van der Waals surface area contributed by atoms with Crippen molar-refractivity contribution in [2.24, 2.45) is 5.92 Å². The molecule has 0 saturated carbocycles. The number of carbonyl (C=O) groups excluding carboxylic acids is 1. The Morgan fingerprint density at radius 3 is 2.81 bits per heavy atom. The lowest BCUT2D eigenvalue weighted by Gasteiger charge is -2.28. The Bertz CT molecular complexity index is 738. The Morgan fingerprint density at radius 2 is 2.04 bits per heavy atom. The predicted octanol–water partition coefficient (Wildman–Crippen LogP) is 3.52. The zero-order valence-corrected chi connectivity index (χ0v) is 14.9. The third-order valence-electron chi connectivity index (χ3n) is 5.29. The van der Waals surface area contributed by atoms with Gasteiger partial charge in [-0.05, 0) is 49.8 Å². The fraction of sp³-hybridized carbons (Fsp3) is 0.429. The molecule has 2 aliphatic rings. The lowest BCUT2D eigenvalue weighted by molar-refractivity contribution is -0.117. The first-order chi connectivity index (χ1) is 12.7. The number of hydrogen-bond acceptors (Lipinski definition) is 4. The molecular weight excluding hydrogens is 326 g/mol. The summed E-state index contributed by atoms with van der Waals surface area (Å²) in [4.78, 5) is 16.5. The normalized spacial score (nSPS) is 24.2. The van der Waals surface area contributed by atoms with E-state index in [0.29, 0.717) is 31.0 Å². The van der Waals surface area contributed by atoms with Gasteiger partial charge >= 0.3 is 0 Å². The van der Waals surface area contributed by atoms with Crippen molar-refractivity contribution in [3.63, 3.8) is 0 Å². The lowest BCUT2D eigenvalue weighted by atomic mass is 9.89. The monoisotopic (exact) mass is 351 g/mol. The largest absolute Gasteiger partial charge is 0.489 e. The number of benzene rings is 1. The van der Waals surface area contributed by atoms with Crippen molar-refractivity contribution < 1.29 is 9.53 Å². The number of nitrogens with zero attached hydrogens (tertiary/aromatic N) is 1. The minimum Gasteiger partial charge on any atom is -0.489 e. The van der Waals surface area contributed by atoms with Gasteiger partial charge in [0, 0.05) is 48.2 Å². The molecule has 2 fully saturated rings. The number of carbonyl (C=O) groups is 1. The highest BCUT2D eigenvalue weighted by Gasteiger charge is 2.34. The van der Waals surface area contributed by atoms with E-state index < -0.39 is 0 Å². The van der Waals surface area contributed by atoms with Crippen LogP contribution < -0.4 is 15.4 Å². The van der Waals surface area contributed by atoms with Gasteiger partial charge in [0.2, 0.25) is 5.91 Å². The number of pyridine rings is 1. The molecule has 2 unspecified atom stereocenters. The average Bonchev–Trinajstić information content (AvgIpc) is 2.99. The van der Waals surface area contributed by atoms with E-state index in [-0.39, 0.29) is 5.91 Å². The summed E-state index contributed by atoms with van der Waals surface area (Å²) < 4.78 is 5.80. The molecule has 2 aliphatic heterocycles. The molecule has 1 amide bonds. The molecule has 136 valence electrons. The number of amides is 1. The van der Waals surface area contributed by atoms with E-state index in [0.717, 1.165) is 29.8 Å². The molecule has 1 aromatic heterocycles. The van der Waals surface area contributed by atoms with Crippen LogP contribution in [0.25, 0.3) is 0 Å². The summed E-state index contributed by atoms with van der Waals surface area (Å²) in [6.45, 7) is 0.461. The van der Waals surface area contributed by atoms with Crippen molar-refractivity contribution >= 4 is 11.6 Å². The van der Waals surface area contributed by atoms with Crippen LogP contribution in [0, 0.1) is 5.92 Å². The predicted molar refractivity (Wildman–Crippen MR) is 101 cm³/mol. The van der Waals surface area contributed by atoms with Gasteiger partial charge in [-0.3, -0.25) is 9.78 Å². The number of ether oxygens (including phenoxy) is 1. The first-order valence-electron chi connectivity index (χ1n) is 9.42. The molecule has 26 heavy (non-hydrogen) atoms. The molecule has 5 heteroatoms. The fourth-order valence-electron chi connectivity index (χ4n) is 4.13. The van der Waals surface area contributed by atoms with Crippen LogP contribution in [0.5, 0.6) is 5.75 Å². The highest BCUT2D eigenvalue weighted by atomic mass is 16.5. The molecule has 1 aromatic carbocycles. The van der Waals surface area contributed by atoms with Gasteiger partial charge in [0.05, 0.1) is 0 Å². The minimum atomic E-state index is 0.0979. The summed E-state index contributed by atoms with van der Waals surface area (Å²) in [6.07, 6.45) is 8.91. The van der Waals surface area contributed by atoms with Gasteiger partial charge in [-0.1, -0.05) is 12.1 Å². The third kappa shape index (κ3) is 4.41. The van der Waals surface area contributed by atoms with E-state index in [9.17, 15) is 4.79 Å². The molecule has 2 aromatic rings. The topological polar surface area (TPSA) is 63.2 Å². The number of fused-ring (bicyclic) bond motifs is 2. The van der Waals surface area contributed by atoms with Crippen LogP contribution in [-0.2, 0) is 11.4 Å². The molecule has 3 heterocycles. The maximum Gasteiger partial charge on any atom is 0.224 e. The van der Waals surface area contributed by atoms with Crippen LogP contribution in [0.3, 0.4) is 0 Å². The Hall–Kier alpha value is -2.40. The molecular formula is C21H25N3O2. The number of aromatic nitrogens is 1. The average molecular weight is 351 g/mol. The molecule has 2 saturated heterocycles. The Kier molecular flexibility index (Phi) is 5.16. The van der Waals surface area contributed by atoms with Crippen LogP contribution in [0.4, 0.5) is 5.69 Å². The third-order valence-corrected chi connectivity index (χ3v) is 5.29. The van der Waals surface area contributed by atoms with E-state index in [1.807, 2.05) is 36.4 Å². The van der Waals surface area contributed by atoms with Gasteiger partial charge in [0.1, 0.15) is 12.4 Å². The van der Waals surface area contributed by atoms with Crippen molar-refractivity contribution in [2.75, 3.05) is 5.32 Å². The maximum absolute atomic E-state index is 12.4. The molecule has 2 bridgehead atoms. The highest BCUT2D eigenvalue weighted by Crippen LogP contribution is 2.32. The summed E-state index contributed by atoms with van der Waals surface area (Å²) in [5.74, 6) is 1.34. The van der Waals surface area contributed by atoms with Crippen molar-refractivity contribution in [1.82, 2.24) is 10.3 Å². The van der Waals surface area contributed by atoms with Crippen molar-refractivity contribution in [2.45, 2.75) is 50.8 Å². The van der Waals surface area contributed by atoms with E-state index in [1.54, 1.807) is 12.4 Å². The Balaban J connectivity index is 1.29. The second-order valence-corrected chi connectivity index (χ2v) is 7.41. The Labute approximate surface area is 154 Å². The minimum absolute atomic E-state index is 0.0979. The molecule has 4 rings (SSSR count). The van der Waals surface area contributed by atoms with Crippen molar-refractivity contribution in [1.29, 1.82) is 0 Å². The Morgan fingerprint density at radius 1 is 1.19 bits per heavy atom. The van der Waals surface area contributed by atoms with Gasteiger partial charge in [-0.15, -0.1) is 0 Å². The zero-order chi connectivity index (χ0) is 17.8. The number of nitrogens with one attached hydrogen (secondary N) is 2. The number of rotatable bonds is 6. The smallest absolute Gasteiger partial charge is 0.224 e.